The SMILES string of the molecule is Cc1cc2c(C(=O)N3CCC(N4CCCC5(C4)CC(C)(C)OC5=O)CC3)c(N)sc2nc1C. The molecule has 0 aromatic carbocycles. The highest BCUT2D eigenvalue weighted by atomic mass is 32.1. The van der Waals surface area contributed by atoms with E-state index >= 15 is 0 Å². The molecule has 33 heavy (non-hydrogen) atoms. The zero-order valence-electron chi connectivity index (χ0n) is 20.1. The van der Waals surface area contributed by atoms with E-state index in [1.165, 1.54) is 11.3 Å². The second-order valence-corrected chi connectivity index (χ2v) is 11.8. The molecule has 0 radical (unpaired) electrons. The lowest BCUT2D eigenvalue weighted by Gasteiger charge is -2.44. The number of pyridine rings is 1. The molecule has 0 saturated carbocycles. The summed E-state index contributed by atoms with van der Waals surface area (Å²) in [6.07, 6.45) is 4.56. The van der Waals surface area contributed by atoms with Gasteiger partial charge in [0.1, 0.15) is 15.4 Å². The van der Waals surface area contributed by atoms with Crippen molar-refractivity contribution in [2.75, 3.05) is 31.9 Å². The number of piperidine rings is 2. The maximum atomic E-state index is 13.4. The Morgan fingerprint density at radius 3 is 2.64 bits per heavy atom. The lowest BCUT2D eigenvalue weighted by Crippen LogP contribution is -2.53. The third-order valence-corrected chi connectivity index (χ3v) is 8.74. The molecule has 2 N–H and O–H groups in total. The summed E-state index contributed by atoms with van der Waals surface area (Å²) in [5, 5.41) is 1.42. The number of carbonyl (C=O) groups is 2. The second-order valence-electron chi connectivity index (χ2n) is 10.8. The minimum atomic E-state index is -0.370. The van der Waals surface area contributed by atoms with E-state index in [0.29, 0.717) is 29.7 Å². The molecule has 1 atom stereocenters. The molecule has 8 heteroatoms. The summed E-state index contributed by atoms with van der Waals surface area (Å²) in [5.41, 5.74) is 8.20. The summed E-state index contributed by atoms with van der Waals surface area (Å²) < 4.78 is 5.70. The van der Waals surface area contributed by atoms with Crippen LogP contribution in [0.2, 0.25) is 0 Å². The number of nitrogens with two attached hydrogens (primary N) is 1. The van der Waals surface area contributed by atoms with E-state index in [9.17, 15) is 9.59 Å². The van der Waals surface area contributed by atoms with Gasteiger partial charge in [0.05, 0.1) is 11.0 Å². The zero-order chi connectivity index (χ0) is 23.5. The predicted molar refractivity (Wildman–Crippen MR) is 130 cm³/mol. The van der Waals surface area contributed by atoms with Gasteiger partial charge in [-0.1, -0.05) is 11.3 Å². The Bertz CT molecular complexity index is 1120. The number of likely N-dealkylation sites (tertiary alicyclic amines) is 2. The number of fused-ring (bicyclic) bond motifs is 1. The highest BCUT2D eigenvalue weighted by Gasteiger charge is 2.54. The zero-order valence-corrected chi connectivity index (χ0v) is 20.9. The van der Waals surface area contributed by atoms with E-state index in [1.807, 2.05) is 38.7 Å². The maximum Gasteiger partial charge on any atom is 0.314 e. The fourth-order valence-corrected chi connectivity index (χ4v) is 7.07. The first-order chi connectivity index (χ1) is 15.6. The Morgan fingerprint density at radius 2 is 1.97 bits per heavy atom. The number of hydrogen-bond donors (Lipinski definition) is 1. The summed E-state index contributed by atoms with van der Waals surface area (Å²) in [7, 11) is 0. The fraction of sp³-hybridized carbons (Fsp3) is 0.640. The first-order valence-electron chi connectivity index (χ1n) is 12.0. The Morgan fingerprint density at radius 1 is 1.24 bits per heavy atom. The van der Waals surface area contributed by atoms with Gasteiger partial charge in [0.2, 0.25) is 0 Å². The Balaban J connectivity index is 1.28. The molecule has 5 heterocycles. The molecular weight excluding hydrogens is 436 g/mol. The lowest BCUT2D eigenvalue weighted by molar-refractivity contribution is -0.154. The van der Waals surface area contributed by atoms with Gasteiger partial charge in [0.25, 0.3) is 5.91 Å². The first-order valence-corrected chi connectivity index (χ1v) is 12.8. The molecule has 0 bridgehead atoms. The van der Waals surface area contributed by atoms with Gasteiger partial charge in [-0.2, -0.15) is 0 Å². The number of ether oxygens (including phenoxy) is 1. The molecule has 3 saturated heterocycles. The van der Waals surface area contributed by atoms with Gasteiger partial charge >= 0.3 is 5.97 Å². The van der Waals surface area contributed by atoms with E-state index in [1.54, 1.807) is 0 Å². The molecule has 178 valence electrons. The topological polar surface area (TPSA) is 88.8 Å². The molecule has 2 aromatic rings. The number of hydrogen-bond acceptors (Lipinski definition) is 7. The molecule has 3 aliphatic rings. The van der Waals surface area contributed by atoms with Crippen LogP contribution < -0.4 is 5.73 Å². The molecule has 0 aliphatic carbocycles. The number of nitrogen functional groups attached to an aromatic ring is 1. The van der Waals surface area contributed by atoms with Crippen LogP contribution in [-0.2, 0) is 9.53 Å². The van der Waals surface area contributed by atoms with Crippen molar-refractivity contribution >= 4 is 38.4 Å². The van der Waals surface area contributed by atoms with E-state index in [-0.39, 0.29) is 22.9 Å². The first kappa shape index (κ1) is 22.6. The van der Waals surface area contributed by atoms with Crippen LogP contribution >= 0.6 is 11.3 Å². The van der Waals surface area contributed by atoms with E-state index < -0.39 is 0 Å². The van der Waals surface area contributed by atoms with Crippen molar-refractivity contribution in [3.05, 3.63) is 22.9 Å². The van der Waals surface area contributed by atoms with Crippen LogP contribution in [0.3, 0.4) is 0 Å². The molecule has 1 spiro atoms. The molecule has 3 aliphatic heterocycles. The van der Waals surface area contributed by atoms with Gasteiger partial charge in [0, 0.05) is 43.2 Å². The molecule has 2 aromatic heterocycles. The fourth-order valence-electron chi connectivity index (χ4n) is 6.11. The number of carbonyl (C=O) groups excluding carboxylic acids is 2. The number of nitrogens with zero attached hydrogens (tertiary/aromatic N) is 3. The number of cyclic esters (lactones) is 1. The normalized spacial score (nSPS) is 26.3. The highest BCUT2D eigenvalue weighted by Crippen LogP contribution is 2.47. The average molecular weight is 471 g/mol. The molecule has 3 fully saturated rings. The van der Waals surface area contributed by atoms with Gasteiger partial charge in [-0.3, -0.25) is 14.5 Å². The quantitative estimate of drug-likeness (QED) is 0.670. The van der Waals surface area contributed by atoms with Crippen LogP contribution in [0.15, 0.2) is 6.07 Å². The van der Waals surface area contributed by atoms with Crippen LogP contribution in [-0.4, -0.2) is 64.5 Å². The summed E-state index contributed by atoms with van der Waals surface area (Å²) in [6.45, 7) is 11.2. The predicted octanol–water partition coefficient (Wildman–Crippen LogP) is 3.91. The minimum absolute atomic E-state index is 0.0125. The monoisotopic (exact) mass is 470 g/mol. The summed E-state index contributed by atoms with van der Waals surface area (Å²) in [5.74, 6) is -0.0118. The van der Waals surface area contributed by atoms with Crippen LogP contribution in [0.1, 0.15) is 67.6 Å². The van der Waals surface area contributed by atoms with E-state index in [2.05, 4.69) is 9.88 Å². The summed E-state index contributed by atoms with van der Waals surface area (Å²) in [4.78, 5) is 36.1. The Hall–Kier alpha value is -2.19. The number of rotatable bonds is 2. The van der Waals surface area contributed by atoms with E-state index in [4.69, 9.17) is 10.5 Å². The number of amides is 1. The third-order valence-electron chi connectivity index (χ3n) is 7.81. The molecule has 1 unspecified atom stereocenters. The minimum Gasteiger partial charge on any atom is -0.459 e. The maximum absolute atomic E-state index is 13.4. The summed E-state index contributed by atoms with van der Waals surface area (Å²) in [6, 6.07) is 2.44. The van der Waals surface area contributed by atoms with Crippen LogP contribution in [0.4, 0.5) is 5.00 Å². The van der Waals surface area contributed by atoms with Crippen molar-refractivity contribution < 1.29 is 14.3 Å². The summed E-state index contributed by atoms with van der Waals surface area (Å²) >= 11 is 1.40. The van der Waals surface area contributed by atoms with Crippen molar-refractivity contribution in [2.24, 2.45) is 5.41 Å². The second kappa shape index (κ2) is 7.94. The van der Waals surface area contributed by atoms with Gasteiger partial charge in [0.15, 0.2) is 0 Å². The van der Waals surface area contributed by atoms with Crippen molar-refractivity contribution in [1.29, 1.82) is 0 Å². The van der Waals surface area contributed by atoms with Crippen molar-refractivity contribution in [3.63, 3.8) is 0 Å². The van der Waals surface area contributed by atoms with Gasteiger partial charge in [-0.25, -0.2) is 4.98 Å². The molecular formula is C25H34N4O3S. The number of thiophene rings is 1. The molecule has 1 amide bonds. The third kappa shape index (κ3) is 3.91. The standard InChI is InChI=1S/C25H34N4O3S/c1-15-12-18-19(20(26)33-21(18)27-16(15)2)22(30)28-10-6-17(7-11-28)29-9-5-8-25(14-29)13-24(3,4)32-23(25)31/h12,17H,5-11,13-14,26H2,1-4H3. The van der Waals surface area contributed by atoms with E-state index in [0.717, 1.165) is 66.7 Å². The van der Waals surface area contributed by atoms with Crippen molar-refractivity contribution in [2.45, 2.75) is 71.4 Å². The van der Waals surface area contributed by atoms with Crippen molar-refractivity contribution in [3.8, 4) is 0 Å². The number of aromatic nitrogens is 1. The number of esters is 1. The lowest BCUT2D eigenvalue weighted by atomic mass is 9.74. The van der Waals surface area contributed by atoms with Gasteiger partial charge in [-0.15, -0.1) is 0 Å². The van der Waals surface area contributed by atoms with Gasteiger partial charge < -0.3 is 15.4 Å². The number of anilines is 1. The average Bonchev–Trinajstić information content (AvgIpc) is 3.18. The van der Waals surface area contributed by atoms with Crippen molar-refractivity contribution in [1.82, 2.24) is 14.8 Å². The largest absolute Gasteiger partial charge is 0.459 e. The highest BCUT2D eigenvalue weighted by molar-refractivity contribution is 7.22. The van der Waals surface area contributed by atoms with Crippen LogP contribution in [0.25, 0.3) is 10.2 Å². The molecule has 5 rings (SSSR count). The smallest absolute Gasteiger partial charge is 0.314 e. The Labute approximate surface area is 199 Å². The Kier molecular flexibility index (Phi) is 5.44. The van der Waals surface area contributed by atoms with Crippen LogP contribution in [0, 0.1) is 19.3 Å². The molecule has 7 nitrogen and oxygen atoms in total. The van der Waals surface area contributed by atoms with Crippen LogP contribution in [0.5, 0.6) is 0 Å². The van der Waals surface area contributed by atoms with Gasteiger partial charge in [-0.05, 0) is 71.6 Å². The number of aryl methyl sites for hydroxylation is 2.